The fourth-order valence-electron chi connectivity index (χ4n) is 2.31. The average molecular weight is 276 g/mol. The highest BCUT2D eigenvalue weighted by Crippen LogP contribution is 2.32. The van der Waals surface area contributed by atoms with Crippen LogP contribution in [0.3, 0.4) is 0 Å². The lowest BCUT2D eigenvalue weighted by molar-refractivity contribution is 0.611. The van der Waals surface area contributed by atoms with Gasteiger partial charge in [-0.2, -0.15) is 0 Å². The molecule has 0 saturated carbocycles. The molecule has 2 rings (SSSR count). The van der Waals surface area contributed by atoms with Gasteiger partial charge in [0.2, 0.25) is 0 Å². The lowest BCUT2D eigenvalue weighted by Crippen LogP contribution is -2.21. The second-order valence-corrected chi connectivity index (χ2v) is 4.47. The first kappa shape index (κ1) is 14.5. The minimum Gasteiger partial charge on any atom is -0.337 e. The van der Waals surface area contributed by atoms with Crippen LogP contribution in [-0.4, -0.2) is 13.6 Å². The highest BCUT2D eigenvalue weighted by Gasteiger charge is 2.18. The van der Waals surface area contributed by atoms with Gasteiger partial charge in [0.1, 0.15) is 11.6 Å². The minimum atomic E-state index is -0.354. The number of rotatable bonds is 5. The van der Waals surface area contributed by atoms with Gasteiger partial charge in [0.25, 0.3) is 0 Å². The zero-order valence-corrected chi connectivity index (χ0v) is 11.7. The first-order chi connectivity index (χ1) is 9.69. The molecule has 0 unspecified atom stereocenters. The Morgan fingerprint density at radius 1 is 1.00 bits per heavy atom. The summed E-state index contributed by atoms with van der Waals surface area (Å²) in [5.74, 6) is -0.698. The molecule has 0 fully saturated rings. The van der Waals surface area contributed by atoms with Crippen LogP contribution in [0.1, 0.15) is 12.5 Å². The number of nitrogens with zero attached hydrogens (tertiary/aromatic N) is 1. The van der Waals surface area contributed by atoms with Crippen LogP contribution in [0.15, 0.2) is 42.5 Å². The summed E-state index contributed by atoms with van der Waals surface area (Å²) in [4.78, 5) is 1.66. The number of nitrogens with one attached hydrogen (secondary N) is 1. The van der Waals surface area contributed by atoms with Crippen molar-refractivity contribution in [2.75, 3.05) is 18.5 Å². The van der Waals surface area contributed by atoms with Crippen molar-refractivity contribution in [2.45, 2.75) is 13.5 Å². The lowest BCUT2D eigenvalue weighted by Gasteiger charge is -2.26. The van der Waals surface area contributed by atoms with E-state index in [4.69, 9.17) is 0 Å². The third-order valence-corrected chi connectivity index (χ3v) is 3.17. The van der Waals surface area contributed by atoms with E-state index in [1.165, 1.54) is 12.1 Å². The third-order valence-electron chi connectivity index (χ3n) is 3.17. The second kappa shape index (κ2) is 6.48. The molecule has 0 aliphatic heterocycles. The molecule has 0 bridgehead atoms. The second-order valence-electron chi connectivity index (χ2n) is 4.47. The standard InChI is InChI=1S/C16H18F2N2/c1-3-20(15-10-5-4-8-13(15)17)16-12(11-19-2)7-6-9-14(16)18/h4-10,19H,3,11H2,1-2H3. The highest BCUT2D eigenvalue weighted by molar-refractivity contribution is 5.67. The Bertz CT molecular complexity index is 584. The Hall–Kier alpha value is -1.94. The van der Waals surface area contributed by atoms with Crippen LogP contribution in [0, 0.1) is 11.6 Å². The molecule has 106 valence electrons. The summed E-state index contributed by atoms with van der Waals surface area (Å²) < 4.78 is 28.2. The predicted octanol–water partition coefficient (Wildman–Crippen LogP) is 3.84. The van der Waals surface area contributed by atoms with E-state index in [0.29, 0.717) is 24.5 Å². The van der Waals surface area contributed by atoms with Crippen LogP contribution >= 0.6 is 0 Å². The largest absolute Gasteiger partial charge is 0.337 e. The minimum absolute atomic E-state index is 0.345. The Labute approximate surface area is 118 Å². The highest BCUT2D eigenvalue weighted by atomic mass is 19.1. The SMILES string of the molecule is CCN(c1ccccc1F)c1c(F)cccc1CNC. The number of hydrogen-bond acceptors (Lipinski definition) is 2. The summed E-state index contributed by atoms with van der Waals surface area (Å²) >= 11 is 0. The van der Waals surface area contributed by atoms with E-state index >= 15 is 0 Å². The Morgan fingerprint density at radius 3 is 2.35 bits per heavy atom. The van der Waals surface area contributed by atoms with E-state index < -0.39 is 0 Å². The van der Waals surface area contributed by atoms with Gasteiger partial charge in [0, 0.05) is 13.1 Å². The van der Waals surface area contributed by atoms with Gasteiger partial charge < -0.3 is 10.2 Å². The number of para-hydroxylation sites is 2. The van der Waals surface area contributed by atoms with Gasteiger partial charge >= 0.3 is 0 Å². The zero-order chi connectivity index (χ0) is 14.5. The molecule has 0 radical (unpaired) electrons. The zero-order valence-electron chi connectivity index (χ0n) is 11.7. The maximum atomic E-state index is 14.2. The Kier molecular flexibility index (Phi) is 4.69. The van der Waals surface area contributed by atoms with Crippen LogP contribution in [0.25, 0.3) is 0 Å². The number of anilines is 2. The molecular weight excluding hydrogens is 258 g/mol. The van der Waals surface area contributed by atoms with Crippen molar-refractivity contribution >= 4 is 11.4 Å². The van der Waals surface area contributed by atoms with Crippen LogP contribution < -0.4 is 10.2 Å². The molecule has 0 aromatic heterocycles. The monoisotopic (exact) mass is 276 g/mol. The molecule has 0 aliphatic carbocycles. The molecule has 4 heteroatoms. The predicted molar refractivity (Wildman–Crippen MR) is 78.2 cm³/mol. The van der Waals surface area contributed by atoms with E-state index in [-0.39, 0.29) is 11.6 Å². The van der Waals surface area contributed by atoms with Gasteiger partial charge in [0.15, 0.2) is 0 Å². The summed E-state index contributed by atoms with van der Waals surface area (Å²) in [5.41, 5.74) is 1.62. The molecule has 2 aromatic rings. The number of halogens is 2. The summed E-state index contributed by atoms with van der Waals surface area (Å²) in [6.45, 7) is 2.89. The Morgan fingerprint density at radius 2 is 1.70 bits per heavy atom. The van der Waals surface area contributed by atoms with Crippen molar-refractivity contribution in [1.29, 1.82) is 0 Å². The van der Waals surface area contributed by atoms with Gasteiger partial charge in [-0.05, 0) is 37.7 Å². The van der Waals surface area contributed by atoms with E-state index in [9.17, 15) is 8.78 Å². The summed E-state index contributed by atoms with van der Waals surface area (Å²) in [6, 6.07) is 11.3. The van der Waals surface area contributed by atoms with Crippen molar-refractivity contribution in [2.24, 2.45) is 0 Å². The van der Waals surface area contributed by atoms with Gasteiger partial charge in [-0.25, -0.2) is 8.78 Å². The third kappa shape index (κ3) is 2.80. The Balaban J connectivity index is 2.55. The molecule has 0 heterocycles. The van der Waals surface area contributed by atoms with Crippen molar-refractivity contribution < 1.29 is 8.78 Å². The molecule has 1 N–H and O–H groups in total. The fraction of sp³-hybridized carbons (Fsp3) is 0.250. The molecule has 0 saturated heterocycles. The van der Waals surface area contributed by atoms with Crippen LogP contribution in [0.2, 0.25) is 0 Å². The van der Waals surface area contributed by atoms with Crippen molar-refractivity contribution in [3.63, 3.8) is 0 Å². The number of hydrogen-bond donors (Lipinski definition) is 1. The van der Waals surface area contributed by atoms with Crippen LogP contribution in [-0.2, 0) is 6.54 Å². The van der Waals surface area contributed by atoms with Gasteiger partial charge in [0.05, 0.1) is 11.4 Å². The maximum Gasteiger partial charge on any atom is 0.147 e. The molecule has 20 heavy (non-hydrogen) atoms. The van der Waals surface area contributed by atoms with Crippen molar-refractivity contribution in [3.05, 3.63) is 59.7 Å². The van der Waals surface area contributed by atoms with E-state index in [2.05, 4.69) is 5.32 Å². The first-order valence-corrected chi connectivity index (χ1v) is 6.63. The van der Waals surface area contributed by atoms with E-state index in [1.54, 1.807) is 36.2 Å². The van der Waals surface area contributed by atoms with Crippen molar-refractivity contribution in [3.8, 4) is 0 Å². The molecule has 0 atom stereocenters. The van der Waals surface area contributed by atoms with Crippen LogP contribution in [0.4, 0.5) is 20.2 Å². The quantitative estimate of drug-likeness (QED) is 0.892. The first-order valence-electron chi connectivity index (χ1n) is 6.63. The smallest absolute Gasteiger partial charge is 0.147 e. The summed E-state index contributed by atoms with van der Waals surface area (Å²) in [7, 11) is 1.80. The van der Waals surface area contributed by atoms with E-state index in [0.717, 1.165) is 5.56 Å². The van der Waals surface area contributed by atoms with Gasteiger partial charge in [-0.3, -0.25) is 0 Å². The summed E-state index contributed by atoms with van der Waals surface area (Å²) in [5, 5.41) is 3.01. The molecule has 0 spiro atoms. The van der Waals surface area contributed by atoms with E-state index in [1.807, 2.05) is 13.0 Å². The fourth-order valence-corrected chi connectivity index (χ4v) is 2.31. The number of benzene rings is 2. The maximum absolute atomic E-state index is 14.2. The lowest BCUT2D eigenvalue weighted by atomic mass is 10.1. The molecule has 0 aliphatic rings. The summed E-state index contributed by atoms with van der Waals surface area (Å²) in [6.07, 6.45) is 0. The molecule has 2 aromatic carbocycles. The topological polar surface area (TPSA) is 15.3 Å². The average Bonchev–Trinajstić information content (AvgIpc) is 2.44. The van der Waals surface area contributed by atoms with Crippen LogP contribution in [0.5, 0.6) is 0 Å². The molecule has 0 amide bonds. The molecular formula is C16H18F2N2. The van der Waals surface area contributed by atoms with Gasteiger partial charge in [-0.15, -0.1) is 0 Å². The molecule has 2 nitrogen and oxygen atoms in total. The van der Waals surface area contributed by atoms with Crippen molar-refractivity contribution in [1.82, 2.24) is 5.32 Å². The van der Waals surface area contributed by atoms with Gasteiger partial charge in [-0.1, -0.05) is 24.3 Å². The normalized spacial score (nSPS) is 10.6.